The fourth-order valence-electron chi connectivity index (χ4n) is 0.952. The third kappa shape index (κ3) is 4.41. The number of hydrogen-bond acceptors (Lipinski definition) is 3. The molecule has 0 unspecified atom stereocenters. The number of nitrogens with one attached hydrogen (secondary N) is 1. The monoisotopic (exact) mass is 152 g/mol. The quantitative estimate of drug-likeness (QED) is 0.323. The van der Waals surface area contributed by atoms with Crippen LogP contribution in [0.15, 0.2) is 0 Å². The van der Waals surface area contributed by atoms with Crippen LogP contribution in [-0.4, -0.2) is 24.3 Å². The summed E-state index contributed by atoms with van der Waals surface area (Å²) in [5.74, 6) is 0. The zero-order chi connectivity index (χ0) is 5.82. The van der Waals surface area contributed by atoms with Gasteiger partial charge in [0.25, 0.3) is 0 Å². The van der Waals surface area contributed by atoms with Crippen LogP contribution in [0.5, 0.6) is 0 Å². The predicted molar refractivity (Wildman–Crippen MR) is 33.3 cm³/mol. The van der Waals surface area contributed by atoms with E-state index < -0.39 is 0 Å². The summed E-state index contributed by atoms with van der Waals surface area (Å²) in [5, 5.41) is 3.05. The Hall–Kier alpha value is 0.590. The van der Waals surface area contributed by atoms with Crippen LogP contribution >= 0.6 is 0 Å². The summed E-state index contributed by atoms with van der Waals surface area (Å²) < 4.78 is 0. The minimum atomic E-state index is 0. The largest absolute Gasteiger partial charge is 1.00 e. The Balaban J connectivity index is 0. The van der Waals surface area contributed by atoms with E-state index in [1.165, 1.54) is 12.8 Å². The molecule has 4 heteroatoms. The molecule has 0 aliphatic carbocycles. The molecule has 1 fully saturated rings. The van der Waals surface area contributed by atoms with Gasteiger partial charge in [0.2, 0.25) is 0 Å². The van der Waals surface area contributed by atoms with Gasteiger partial charge in [-0.05, 0) is 13.0 Å². The van der Waals surface area contributed by atoms with Crippen LogP contribution in [0.2, 0.25) is 0 Å². The second-order valence-electron chi connectivity index (χ2n) is 2.12. The van der Waals surface area contributed by atoms with Gasteiger partial charge in [-0.15, -0.1) is 0 Å². The molecule has 0 radical (unpaired) electrons. The maximum atomic E-state index is 9.97. The van der Waals surface area contributed by atoms with Gasteiger partial charge in [-0.25, -0.2) is 6.29 Å². The molecule has 0 aromatic heterocycles. The SMILES string of the molecule is O=[C-][C@@H]1CCCCN1.[Na+].[OH-]. The van der Waals surface area contributed by atoms with Crippen molar-refractivity contribution in [2.24, 2.45) is 0 Å². The fraction of sp³-hybridized carbons (Fsp3) is 0.833. The first-order valence-electron chi connectivity index (χ1n) is 3.04. The molecule has 0 spiro atoms. The number of piperidine rings is 1. The summed E-state index contributed by atoms with van der Waals surface area (Å²) in [4.78, 5) is 9.97. The first kappa shape index (κ1) is 13.2. The normalized spacial score (nSPS) is 23.8. The maximum absolute atomic E-state index is 9.97. The van der Waals surface area contributed by atoms with Crippen LogP contribution in [0.4, 0.5) is 0 Å². The van der Waals surface area contributed by atoms with Crippen LogP contribution < -0.4 is 34.9 Å². The third-order valence-corrected chi connectivity index (χ3v) is 1.45. The molecule has 3 nitrogen and oxygen atoms in total. The molecule has 0 amide bonds. The Morgan fingerprint density at radius 1 is 1.40 bits per heavy atom. The molecule has 1 atom stereocenters. The molecular formula is C6H11NNaO2-. The van der Waals surface area contributed by atoms with E-state index in [9.17, 15) is 4.79 Å². The maximum Gasteiger partial charge on any atom is 1.00 e. The zero-order valence-electron chi connectivity index (χ0n) is 6.26. The molecule has 1 aliphatic rings. The van der Waals surface area contributed by atoms with Crippen molar-refractivity contribution in [2.75, 3.05) is 6.54 Å². The molecule has 0 aromatic carbocycles. The molecule has 1 rings (SSSR count). The third-order valence-electron chi connectivity index (χ3n) is 1.45. The Bertz CT molecular complexity index is 83.8. The molecule has 0 bridgehead atoms. The predicted octanol–water partition coefficient (Wildman–Crippen LogP) is -2.93. The standard InChI is InChI=1S/C6H10NO.Na.H2O/c8-5-6-3-1-2-4-7-6;;/h6-7H,1-4H2;;1H2/q-1;+1;/p-1/t6-;;/m0../s1. The van der Waals surface area contributed by atoms with Crippen molar-refractivity contribution in [3.05, 3.63) is 0 Å². The van der Waals surface area contributed by atoms with Crippen LogP contribution in [0, 0.1) is 0 Å². The van der Waals surface area contributed by atoms with E-state index in [-0.39, 0.29) is 41.1 Å². The van der Waals surface area contributed by atoms with Crippen molar-refractivity contribution < 1.29 is 39.8 Å². The van der Waals surface area contributed by atoms with Gasteiger partial charge >= 0.3 is 29.6 Å². The minimum absolute atomic E-state index is 0. The van der Waals surface area contributed by atoms with E-state index in [4.69, 9.17) is 0 Å². The summed E-state index contributed by atoms with van der Waals surface area (Å²) in [6.07, 6.45) is 5.30. The Labute approximate surface area is 83.2 Å². The second-order valence-corrected chi connectivity index (χ2v) is 2.12. The van der Waals surface area contributed by atoms with Crippen LogP contribution in [-0.2, 0) is 4.79 Å². The van der Waals surface area contributed by atoms with Gasteiger partial charge in [-0.1, -0.05) is 18.9 Å². The van der Waals surface area contributed by atoms with E-state index >= 15 is 0 Å². The van der Waals surface area contributed by atoms with Gasteiger partial charge in [-0.3, -0.25) is 0 Å². The Morgan fingerprint density at radius 3 is 2.40 bits per heavy atom. The van der Waals surface area contributed by atoms with Gasteiger partial charge in [-0.2, -0.15) is 0 Å². The zero-order valence-corrected chi connectivity index (χ0v) is 8.26. The summed E-state index contributed by atoms with van der Waals surface area (Å²) >= 11 is 0. The molecule has 0 aromatic rings. The van der Waals surface area contributed by atoms with E-state index in [1.807, 2.05) is 6.29 Å². The molecular weight excluding hydrogens is 141 g/mol. The van der Waals surface area contributed by atoms with Crippen molar-refractivity contribution in [3.63, 3.8) is 0 Å². The fourth-order valence-corrected chi connectivity index (χ4v) is 0.952. The van der Waals surface area contributed by atoms with Gasteiger partial charge < -0.3 is 15.6 Å². The van der Waals surface area contributed by atoms with Crippen LogP contribution in [0.1, 0.15) is 19.3 Å². The van der Waals surface area contributed by atoms with E-state index in [1.54, 1.807) is 0 Å². The summed E-state index contributed by atoms with van der Waals surface area (Å²) in [6, 6.07) is 0.0312. The van der Waals surface area contributed by atoms with Crippen molar-refractivity contribution in [2.45, 2.75) is 25.3 Å². The minimum Gasteiger partial charge on any atom is -0.870 e. The molecule has 54 valence electrons. The molecule has 1 aliphatic heterocycles. The summed E-state index contributed by atoms with van der Waals surface area (Å²) in [7, 11) is 0. The van der Waals surface area contributed by atoms with Crippen molar-refractivity contribution in [3.8, 4) is 0 Å². The molecule has 1 saturated heterocycles. The van der Waals surface area contributed by atoms with Crippen molar-refractivity contribution in [1.29, 1.82) is 0 Å². The van der Waals surface area contributed by atoms with Gasteiger partial charge in [0, 0.05) is 0 Å². The molecule has 2 N–H and O–H groups in total. The summed E-state index contributed by atoms with van der Waals surface area (Å²) in [5.41, 5.74) is 0. The van der Waals surface area contributed by atoms with Gasteiger partial charge in [0.1, 0.15) is 0 Å². The van der Waals surface area contributed by atoms with Crippen LogP contribution in [0.3, 0.4) is 0 Å². The Kier molecular flexibility index (Phi) is 10.2. The second kappa shape index (κ2) is 7.69. The van der Waals surface area contributed by atoms with Gasteiger partial charge in [0.05, 0.1) is 0 Å². The van der Waals surface area contributed by atoms with E-state index in [0.717, 1.165) is 13.0 Å². The first-order chi connectivity index (χ1) is 3.93. The average molecular weight is 152 g/mol. The van der Waals surface area contributed by atoms with E-state index in [2.05, 4.69) is 5.32 Å². The number of rotatable bonds is 1. The molecule has 10 heavy (non-hydrogen) atoms. The molecule has 1 heterocycles. The van der Waals surface area contributed by atoms with Crippen molar-refractivity contribution in [1.82, 2.24) is 5.32 Å². The average Bonchev–Trinajstić information content (AvgIpc) is 1.90. The first-order valence-corrected chi connectivity index (χ1v) is 3.04. The van der Waals surface area contributed by atoms with E-state index in [0.29, 0.717) is 0 Å². The smallest absolute Gasteiger partial charge is 0.870 e. The van der Waals surface area contributed by atoms with Gasteiger partial charge in [0.15, 0.2) is 0 Å². The van der Waals surface area contributed by atoms with Crippen molar-refractivity contribution >= 4 is 6.29 Å². The summed E-state index contributed by atoms with van der Waals surface area (Å²) in [6.45, 7) is 0.986. The Morgan fingerprint density at radius 2 is 2.10 bits per heavy atom. The van der Waals surface area contributed by atoms with Crippen LogP contribution in [0.25, 0.3) is 0 Å². The topological polar surface area (TPSA) is 59.1 Å². The number of carbonyl (C=O) groups excluding carboxylic acids is 1. The number of hydrogen-bond donors (Lipinski definition) is 1. The molecule has 0 saturated carbocycles.